The molecule has 18 heavy (non-hydrogen) atoms. The Morgan fingerprint density at radius 2 is 2.06 bits per heavy atom. The maximum atomic E-state index is 12.4. The zero-order chi connectivity index (χ0) is 13.1. The summed E-state index contributed by atoms with van der Waals surface area (Å²) in [5, 5.41) is 4.04. The lowest BCUT2D eigenvalue weighted by atomic mass is 10.0. The minimum Gasteiger partial charge on any atom is -0.288 e. The van der Waals surface area contributed by atoms with Gasteiger partial charge in [-0.2, -0.15) is 0 Å². The van der Waals surface area contributed by atoms with Gasteiger partial charge in [0.05, 0.1) is 5.69 Å². The number of carbonyl (C=O) groups excluding carboxylic acids is 1. The summed E-state index contributed by atoms with van der Waals surface area (Å²) >= 11 is 1.19. The molecule has 0 saturated heterocycles. The van der Waals surface area contributed by atoms with Crippen molar-refractivity contribution in [2.24, 2.45) is 0 Å². The molecule has 94 valence electrons. The minimum absolute atomic E-state index is 0.0385. The normalized spacial score (nSPS) is 10.6. The zero-order valence-electron chi connectivity index (χ0n) is 10.9. The Morgan fingerprint density at radius 1 is 1.28 bits per heavy atom. The summed E-state index contributed by atoms with van der Waals surface area (Å²) in [5.41, 5.74) is 3.88. The van der Waals surface area contributed by atoms with E-state index in [2.05, 4.69) is 16.5 Å². The van der Waals surface area contributed by atoms with Crippen LogP contribution < -0.4 is 0 Å². The molecule has 0 fully saturated rings. The van der Waals surface area contributed by atoms with Crippen LogP contribution >= 0.6 is 11.5 Å². The van der Waals surface area contributed by atoms with E-state index in [1.54, 1.807) is 0 Å². The van der Waals surface area contributed by atoms with Crippen molar-refractivity contribution in [3.05, 3.63) is 45.5 Å². The molecule has 4 heteroatoms. The third-order valence-electron chi connectivity index (χ3n) is 3.02. The number of ketones is 1. The van der Waals surface area contributed by atoms with Gasteiger partial charge in [-0.3, -0.25) is 4.79 Å². The van der Waals surface area contributed by atoms with Gasteiger partial charge in [-0.15, -0.1) is 5.10 Å². The van der Waals surface area contributed by atoms with Gasteiger partial charge in [-0.25, -0.2) is 0 Å². The van der Waals surface area contributed by atoms with Crippen LogP contribution in [0.5, 0.6) is 0 Å². The van der Waals surface area contributed by atoms with Gasteiger partial charge in [0.25, 0.3) is 0 Å². The number of aryl methyl sites for hydroxylation is 3. The van der Waals surface area contributed by atoms with Gasteiger partial charge >= 0.3 is 0 Å². The second-order valence-corrected chi connectivity index (χ2v) is 5.18. The number of rotatable bonds is 4. The zero-order valence-corrected chi connectivity index (χ0v) is 11.7. The number of carbonyl (C=O) groups is 1. The quantitative estimate of drug-likeness (QED) is 0.792. The van der Waals surface area contributed by atoms with Crippen LogP contribution in [0, 0.1) is 13.8 Å². The first-order valence-electron chi connectivity index (χ1n) is 6.06. The molecular formula is C14H16N2OS. The largest absolute Gasteiger partial charge is 0.288 e. The summed E-state index contributed by atoms with van der Waals surface area (Å²) in [6.07, 6.45) is 1.78. The first kappa shape index (κ1) is 12.9. The predicted octanol–water partition coefficient (Wildman–Crippen LogP) is 3.34. The highest BCUT2D eigenvalue weighted by Gasteiger charge is 2.17. The topological polar surface area (TPSA) is 42.9 Å². The fraction of sp³-hybridized carbons (Fsp3) is 0.357. The standard InChI is InChI=1S/C14H16N2OS/c1-4-5-12-14(18-16-15-12)13(17)11-7-6-9(2)10(3)8-11/h6-8H,4-5H2,1-3H3. The van der Waals surface area contributed by atoms with Gasteiger partial charge in [-0.05, 0) is 49.0 Å². The lowest BCUT2D eigenvalue weighted by Gasteiger charge is -2.04. The molecule has 0 bridgehead atoms. The third kappa shape index (κ3) is 2.48. The van der Waals surface area contributed by atoms with E-state index in [1.807, 2.05) is 32.0 Å². The molecule has 0 radical (unpaired) electrons. The van der Waals surface area contributed by atoms with Crippen molar-refractivity contribution in [2.75, 3.05) is 0 Å². The van der Waals surface area contributed by atoms with E-state index in [-0.39, 0.29) is 5.78 Å². The molecule has 0 aliphatic rings. The van der Waals surface area contributed by atoms with Gasteiger partial charge in [0.2, 0.25) is 5.78 Å². The van der Waals surface area contributed by atoms with Crippen molar-refractivity contribution >= 4 is 17.3 Å². The van der Waals surface area contributed by atoms with Crippen LogP contribution in [0.25, 0.3) is 0 Å². The van der Waals surface area contributed by atoms with Gasteiger partial charge in [0.1, 0.15) is 4.88 Å². The fourth-order valence-corrected chi connectivity index (χ4v) is 2.47. The SMILES string of the molecule is CCCc1nnsc1C(=O)c1ccc(C)c(C)c1. The average molecular weight is 260 g/mol. The summed E-state index contributed by atoms with van der Waals surface area (Å²) in [7, 11) is 0. The van der Waals surface area contributed by atoms with E-state index in [4.69, 9.17) is 0 Å². The Labute approximate surface area is 111 Å². The molecule has 2 rings (SSSR count). The Kier molecular flexibility index (Phi) is 3.87. The van der Waals surface area contributed by atoms with Crippen molar-refractivity contribution in [2.45, 2.75) is 33.6 Å². The van der Waals surface area contributed by atoms with E-state index in [0.29, 0.717) is 4.88 Å². The highest BCUT2D eigenvalue weighted by molar-refractivity contribution is 7.08. The van der Waals surface area contributed by atoms with Crippen LogP contribution in [0.1, 0.15) is 45.4 Å². The summed E-state index contributed by atoms with van der Waals surface area (Å²) in [6.45, 7) is 6.13. The maximum absolute atomic E-state index is 12.4. The van der Waals surface area contributed by atoms with E-state index in [9.17, 15) is 4.79 Å². The van der Waals surface area contributed by atoms with Crippen molar-refractivity contribution in [1.82, 2.24) is 9.59 Å². The van der Waals surface area contributed by atoms with E-state index >= 15 is 0 Å². The van der Waals surface area contributed by atoms with E-state index in [0.717, 1.165) is 29.7 Å². The molecule has 0 aliphatic heterocycles. The van der Waals surface area contributed by atoms with Crippen LogP contribution in [-0.4, -0.2) is 15.4 Å². The summed E-state index contributed by atoms with van der Waals surface area (Å²) < 4.78 is 3.90. The summed E-state index contributed by atoms with van der Waals surface area (Å²) in [6, 6.07) is 5.80. The van der Waals surface area contributed by atoms with Gasteiger partial charge < -0.3 is 0 Å². The van der Waals surface area contributed by atoms with Crippen LogP contribution in [0.4, 0.5) is 0 Å². The first-order chi connectivity index (χ1) is 8.63. The third-order valence-corrected chi connectivity index (χ3v) is 3.78. The number of benzene rings is 1. The molecule has 0 amide bonds. The average Bonchev–Trinajstić information content (AvgIpc) is 2.80. The van der Waals surface area contributed by atoms with Crippen molar-refractivity contribution in [1.29, 1.82) is 0 Å². The fourth-order valence-electron chi connectivity index (χ4n) is 1.80. The summed E-state index contributed by atoms with van der Waals surface area (Å²) in [5.74, 6) is 0.0385. The first-order valence-corrected chi connectivity index (χ1v) is 6.84. The van der Waals surface area contributed by atoms with E-state index < -0.39 is 0 Å². The number of hydrogen-bond acceptors (Lipinski definition) is 4. The maximum Gasteiger partial charge on any atom is 0.206 e. The van der Waals surface area contributed by atoms with Crippen molar-refractivity contribution < 1.29 is 4.79 Å². The van der Waals surface area contributed by atoms with Crippen molar-refractivity contribution in [3.63, 3.8) is 0 Å². The van der Waals surface area contributed by atoms with Gasteiger partial charge in [0, 0.05) is 5.56 Å². The highest BCUT2D eigenvalue weighted by Crippen LogP contribution is 2.19. The van der Waals surface area contributed by atoms with E-state index in [1.165, 1.54) is 17.1 Å². The Hall–Kier alpha value is -1.55. The van der Waals surface area contributed by atoms with Crippen LogP contribution in [0.2, 0.25) is 0 Å². The smallest absolute Gasteiger partial charge is 0.206 e. The van der Waals surface area contributed by atoms with Crippen LogP contribution in [-0.2, 0) is 6.42 Å². The van der Waals surface area contributed by atoms with Gasteiger partial charge in [0.15, 0.2) is 0 Å². The second-order valence-electron chi connectivity index (χ2n) is 4.43. The predicted molar refractivity (Wildman–Crippen MR) is 73.3 cm³/mol. The monoisotopic (exact) mass is 260 g/mol. The molecule has 1 aromatic carbocycles. The Balaban J connectivity index is 2.35. The molecular weight excluding hydrogens is 244 g/mol. The highest BCUT2D eigenvalue weighted by atomic mass is 32.1. The Bertz CT molecular complexity index is 575. The number of aromatic nitrogens is 2. The molecule has 1 aromatic heterocycles. The van der Waals surface area contributed by atoms with Gasteiger partial charge in [-0.1, -0.05) is 30.0 Å². The lowest BCUT2D eigenvalue weighted by molar-refractivity contribution is 0.104. The second kappa shape index (κ2) is 5.40. The Morgan fingerprint density at radius 3 is 2.72 bits per heavy atom. The number of hydrogen-bond donors (Lipinski definition) is 0. The van der Waals surface area contributed by atoms with Crippen molar-refractivity contribution in [3.8, 4) is 0 Å². The van der Waals surface area contributed by atoms with Crippen LogP contribution in [0.15, 0.2) is 18.2 Å². The molecule has 3 nitrogen and oxygen atoms in total. The molecule has 0 saturated carbocycles. The summed E-state index contributed by atoms with van der Waals surface area (Å²) in [4.78, 5) is 13.1. The minimum atomic E-state index is 0.0385. The molecule has 0 N–H and O–H groups in total. The lowest BCUT2D eigenvalue weighted by Crippen LogP contribution is -2.03. The molecule has 0 spiro atoms. The molecule has 0 aliphatic carbocycles. The number of nitrogens with zero attached hydrogens (tertiary/aromatic N) is 2. The van der Waals surface area contributed by atoms with Crippen LogP contribution in [0.3, 0.4) is 0 Å². The molecule has 0 atom stereocenters. The molecule has 1 heterocycles. The molecule has 0 unspecified atom stereocenters. The molecule has 2 aromatic rings.